The molecule has 0 fully saturated rings. The number of benzene rings is 3. The predicted molar refractivity (Wildman–Crippen MR) is 125 cm³/mol. The number of carbonyl (C=O) groups is 2. The van der Waals surface area contributed by atoms with Crippen LogP contribution < -0.4 is 5.56 Å². The maximum absolute atomic E-state index is 12.9. The monoisotopic (exact) mass is 438 g/mol. The summed E-state index contributed by atoms with van der Waals surface area (Å²) in [6, 6.07) is 19.4. The third-order valence-electron chi connectivity index (χ3n) is 6.06. The summed E-state index contributed by atoms with van der Waals surface area (Å²) < 4.78 is 6.75. The molecule has 0 bridgehead atoms. The maximum atomic E-state index is 12.9. The van der Waals surface area contributed by atoms with Crippen molar-refractivity contribution in [2.24, 2.45) is 0 Å². The van der Waals surface area contributed by atoms with Gasteiger partial charge in [0.05, 0.1) is 22.2 Å². The van der Waals surface area contributed by atoms with Gasteiger partial charge in [0.2, 0.25) is 0 Å². The smallest absolute Gasteiger partial charge is 0.338 e. The minimum Gasteiger partial charge on any atom is -0.454 e. The molecule has 0 atom stereocenters. The number of hydrogen-bond donors (Lipinski definition) is 0. The molecular formula is C27H22N2O4. The van der Waals surface area contributed by atoms with Gasteiger partial charge < -0.3 is 4.74 Å². The van der Waals surface area contributed by atoms with Gasteiger partial charge in [0.25, 0.3) is 5.56 Å². The van der Waals surface area contributed by atoms with Crippen LogP contribution in [-0.2, 0) is 17.6 Å². The van der Waals surface area contributed by atoms with Gasteiger partial charge in [0.1, 0.15) is 5.82 Å². The van der Waals surface area contributed by atoms with Crippen LogP contribution in [0.5, 0.6) is 0 Å². The van der Waals surface area contributed by atoms with E-state index in [9.17, 15) is 14.4 Å². The highest BCUT2D eigenvalue weighted by Crippen LogP contribution is 2.23. The molecule has 33 heavy (non-hydrogen) atoms. The zero-order valence-electron chi connectivity index (χ0n) is 18.2. The number of rotatable bonds is 5. The fourth-order valence-electron chi connectivity index (χ4n) is 4.34. The molecule has 1 aromatic heterocycles. The Bertz CT molecular complexity index is 1450. The van der Waals surface area contributed by atoms with E-state index in [1.807, 2.05) is 18.2 Å². The SMILES string of the molecule is Cc1nc2ccccc2c(=O)n1-c1ccc(C(=O)OCC(=O)c2ccc3c(c2)CCC3)cc1. The Kier molecular flexibility index (Phi) is 5.34. The van der Waals surface area contributed by atoms with Crippen LogP contribution in [0.1, 0.15) is 44.1 Å². The van der Waals surface area contributed by atoms with Gasteiger partial charge in [0.15, 0.2) is 12.4 Å². The fourth-order valence-corrected chi connectivity index (χ4v) is 4.34. The highest BCUT2D eigenvalue weighted by molar-refractivity contribution is 5.99. The molecule has 4 aromatic rings. The van der Waals surface area contributed by atoms with E-state index < -0.39 is 5.97 Å². The second-order valence-electron chi connectivity index (χ2n) is 8.20. The molecule has 0 saturated heterocycles. The third kappa shape index (κ3) is 3.96. The zero-order valence-corrected chi connectivity index (χ0v) is 18.2. The van der Waals surface area contributed by atoms with Crippen LogP contribution in [0.4, 0.5) is 0 Å². The number of esters is 1. The molecule has 0 N–H and O–H groups in total. The third-order valence-corrected chi connectivity index (χ3v) is 6.06. The normalized spacial score (nSPS) is 12.5. The Labute approximate surface area is 190 Å². The van der Waals surface area contributed by atoms with Gasteiger partial charge in [0, 0.05) is 5.56 Å². The fraction of sp³-hybridized carbons (Fsp3) is 0.185. The Morgan fingerprint density at radius 3 is 2.48 bits per heavy atom. The topological polar surface area (TPSA) is 78.3 Å². The van der Waals surface area contributed by atoms with E-state index in [1.54, 1.807) is 55.5 Å². The maximum Gasteiger partial charge on any atom is 0.338 e. The van der Waals surface area contributed by atoms with Crippen LogP contribution in [0.15, 0.2) is 71.5 Å². The molecule has 0 aliphatic heterocycles. The van der Waals surface area contributed by atoms with Crippen LogP contribution in [0.2, 0.25) is 0 Å². The number of carbonyl (C=O) groups excluding carboxylic acids is 2. The second-order valence-corrected chi connectivity index (χ2v) is 8.20. The van der Waals surface area contributed by atoms with Crippen molar-refractivity contribution in [3.05, 3.63) is 105 Å². The number of ketones is 1. The summed E-state index contributed by atoms with van der Waals surface area (Å²) in [4.78, 5) is 42.4. The van der Waals surface area contributed by atoms with E-state index in [0.29, 0.717) is 33.5 Å². The highest BCUT2D eigenvalue weighted by atomic mass is 16.5. The van der Waals surface area contributed by atoms with Crippen LogP contribution in [0, 0.1) is 6.92 Å². The number of aryl methyl sites for hydroxylation is 3. The Morgan fingerprint density at radius 1 is 0.939 bits per heavy atom. The highest BCUT2D eigenvalue weighted by Gasteiger charge is 2.16. The molecule has 3 aromatic carbocycles. The number of Topliss-reactive ketones (excluding diaryl/α,β-unsaturated/α-hetero) is 1. The van der Waals surface area contributed by atoms with Crippen molar-refractivity contribution in [1.82, 2.24) is 9.55 Å². The summed E-state index contributed by atoms with van der Waals surface area (Å²) >= 11 is 0. The summed E-state index contributed by atoms with van der Waals surface area (Å²) in [6.45, 7) is 1.45. The van der Waals surface area contributed by atoms with E-state index in [4.69, 9.17) is 4.74 Å². The van der Waals surface area contributed by atoms with Gasteiger partial charge in [-0.1, -0.05) is 24.3 Å². The molecule has 6 nitrogen and oxygen atoms in total. The number of ether oxygens (including phenoxy) is 1. The van der Waals surface area contributed by atoms with Gasteiger partial charge in [-0.25, -0.2) is 9.78 Å². The second kappa shape index (κ2) is 8.47. The summed E-state index contributed by atoms with van der Waals surface area (Å²) in [5.41, 5.74) is 4.44. The van der Waals surface area contributed by atoms with Crippen molar-refractivity contribution >= 4 is 22.7 Å². The standard InChI is InChI=1S/C27H22N2O4/c1-17-28-24-8-3-2-7-23(24)26(31)29(17)22-13-11-19(12-14-22)27(32)33-16-25(30)21-10-9-18-5-4-6-20(18)15-21/h2-3,7-15H,4-6,16H2,1H3. The molecule has 6 heteroatoms. The summed E-state index contributed by atoms with van der Waals surface area (Å²) in [6.07, 6.45) is 3.15. The lowest BCUT2D eigenvalue weighted by Gasteiger charge is -2.11. The van der Waals surface area contributed by atoms with Crippen molar-refractivity contribution in [2.75, 3.05) is 6.61 Å². The first-order valence-electron chi connectivity index (χ1n) is 10.9. The first-order valence-corrected chi connectivity index (χ1v) is 10.9. The molecular weight excluding hydrogens is 416 g/mol. The first-order chi connectivity index (χ1) is 16.0. The predicted octanol–water partition coefficient (Wildman–Crippen LogP) is 4.22. The number of fused-ring (bicyclic) bond motifs is 2. The van der Waals surface area contributed by atoms with E-state index in [-0.39, 0.29) is 17.9 Å². The van der Waals surface area contributed by atoms with Crippen molar-refractivity contribution in [3.63, 3.8) is 0 Å². The van der Waals surface area contributed by atoms with Gasteiger partial charge in [-0.3, -0.25) is 14.2 Å². The van der Waals surface area contributed by atoms with E-state index >= 15 is 0 Å². The first kappa shape index (κ1) is 20.8. The van der Waals surface area contributed by atoms with E-state index in [1.165, 1.54) is 15.7 Å². The van der Waals surface area contributed by atoms with Crippen molar-refractivity contribution in [3.8, 4) is 5.69 Å². The van der Waals surface area contributed by atoms with Crippen LogP contribution in [0.3, 0.4) is 0 Å². The van der Waals surface area contributed by atoms with Crippen LogP contribution >= 0.6 is 0 Å². The molecule has 0 amide bonds. The molecule has 5 rings (SSSR count). The zero-order chi connectivity index (χ0) is 22.9. The van der Waals surface area contributed by atoms with E-state index in [2.05, 4.69) is 4.98 Å². The summed E-state index contributed by atoms with van der Waals surface area (Å²) in [5.74, 6) is -0.259. The molecule has 0 saturated carbocycles. The lowest BCUT2D eigenvalue weighted by Crippen LogP contribution is -2.22. The average molecular weight is 438 g/mol. The van der Waals surface area contributed by atoms with Crippen molar-refractivity contribution in [2.45, 2.75) is 26.2 Å². The van der Waals surface area contributed by atoms with Crippen LogP contribution in [0.25, 0.3) is 16.6 Å². The molecule has 164 valence electrons. The molecule has 1 aliphatic rings. The number of hydrogen-bond acceptors (Lipinski definition) is 5. The summed E-state index contributed by atoms with van der Waals surface area (Å²) in [7, 11) is 0. The van der Waals surface area contributed by atoms with Gasteiger partial charge in [-0.2, -0.15) is 0 Å². The van der Waals surface area contributed by atoms with Gasteiger partial charge in [-0.05, 0) is 79.8 Å². The minimum atomic E-state index is -0.586. The lowest BCUT2D eigenvalue weighted by molar-refractivity contribution is 0.0475. The number of para-hydroxylation sites is 1. The van der Waals surface area contributed by atoms with Gasteiger partial charge in [-0.15, -0.1) is 0 Å². The largest absolute Gasteiger partial charge is 0.454 e. The van der Waals surface area contributed by atoms with Crippen molar-refractivity contribution < 1.29 is 14.3 Å². The Morgan fingerprint density at radius 2 is 1.67 bits per heavy atom. The quantitative estimate of drug-likeness (QED) is 0.344. The Balaban J connectivity index is 1.31. The van der Waals surface area contributed by atoms with E-state index in [0.717, 1.165) is 19.3 Å². The molecule has 0 unspecified atom stereocenters. The number of nitrogens with zero attached hydrogens (tertiary/aromatic N) is 2. The summed E-state index contributed by atoms with van der Waals surface area (Å²) in [5, 5.41) is 0.525. The molecule has 1 aliphatic carbocycles. The van der Waals surface area contributed by atoms with Crippen molar-refractivity contribution in [1.29, 1.82) is 0 Å². The molecule has 0 spiro atoms. The minimum absolute atomic E-state index is 0.173. The lowest BCUT2D eigenvalue weighted by atomic mass is 10.0. The van der Waals surface area contributed by atoms with Crippen LogP contribution in [-0.4, -0.2) is 27.9 Å². The Hall–Kier alpha value is -4.06. The van der Waals surface area contributed by atoms with Gasteiger partial charge >= 0.3 is 5.97 Å². The average Bonchev–Trinajstić information content (AvgIpc) is 3.31. The molecule has 1 heterocycles. The number of aromatic nitrogens is 2. The molecule has 0 radical (unpaired) electrons.